The molecule has 3 aromatic rings. The number of aromatic nitrogens is 3. The molecule has 9 heteroatoms. The molecular weight excluding hydrogens is 432 g/mol. The van der Waals surface area contributed by atoms with Crippen molar-refractivity contribution in [1.82, 2.24) is 14.1 Å². The summed E-state index contributed by atoms with van der Waals surface area (Å²) in [6.07, 6.45) is 7.45. The van der Waals surface area contributed by atoms with Crippen LogP contribution in [-0.2, 0) is 17.9 Å². The highest BCUT2D eigenvalue weighted by Crippen LogP contribution is 2.24. The Kier molecular flexibility index (Phi) is 6.93. The van der Waals surface area contributed by atoms with Gasteiger partial charge in [0.25, 0.3) is 5.56 Å². The van der Waals surface area contributed by atoms with E-state index in [1.807, 2.05) is 23.6 Å². The van der Waals surface area contributed by atoms with Gasteiger partial charge in [0.15, 0.2) is 5.78 Å². The summed E-state index contributed by atoms with van der Waals surface area (Å²) in [5, 5.41) is 2.68. The van der Waals surface area contributed by atoms with Gasteiger partial charge in [-0.3, -0.25) is 14.4 Å². The van der Waals surface area contributed by atoms with Gasteiger partial charge in [-0.05, 0) is 38.0 Å². The zero-order valence-electron chi connectivity index (χ0n) is 19.5. The molecule has 0 spiro atoms. The number of hydrogen-bond acceptors (Lipinski definition) is 6. The molecule has 0 radical (unpaired) electrons. The van der Waals surface area contributed by atoms with E-state index in [4.69, 9.17) is 10.7 Å². The van der Waals surface area contributed by atoms with E-state index in [1.54, 1.807) is 36.5 Å². The van der Waals surface area contributed by atoms with Crippen LogP contribution in [0.4, 0.5) is 11.6 Å². The molecule has 1 aliphatic heterocycles. The zero-order valence-corrected chi connectivity index (χ0v) is 19.5. The number of imidazole rings is 1. The maximum atomic E-state index is 13.5. The second kappa shape index (κ2) is 10.0. The van der Waals surface area contributed by atoms with E-state index in [-0.39, 0.29) is 29.8 Å². The summed E-state index contributed by atoms with van der Waals surface area (Å²) >= 11 is 0. The highest BCUT2D eigenvalue weighted by Gasteiger charge is 2.24. The summed E-state index contributed by atoms with van der Waals surface area (Å²) in [4.78, 5) is 45.0. The van der Waals surface area contributed by atoms with Crippen LogP contribution in [0.1, 0.15) is 37.0 Å². The van der Waals surface area contributed by atoms with Crippen molar-refractivity contribution < 1.29 is 9.59 Å². The van der Waals surface area contributed by atoms with Crippen LogP contribution in [0.3, 0.4) is 0 Å². The molecule has 3 N–H and O–H groups in total. The smallest absolute Gasteiger partial charge is 0.277 e. The van der Waals surface area contributed by atoms with E-state index in [9.17, 15) is 14.4 Å². The number of anilines is 2. The summed E-state index contributed by atoms with van der Waals surface area (Å²) in [6, 6.07) is 8.62. The monoisotopic (exact) mass is 462 g/mol. The third-order valence-corrected chi connectivity index (χ3v) is 5.97. The van der Waals surface area contributed by atoms with E-state index in [2.05, 4.69) is 10.2 Å². The molecule has 4 rings (SSSR count). The number of nitrogens with zero attached hydrogens (tertiary/aromatic N) is 4. The number of carbonyl (C=O) groups is 2. The largest absolute Gasteiger partial charge is 0.341 e. The lowest BCUT2D eigenvalue weighted by molar-refractivity contribution is -0.114. The molecule has 0 bridgehead atoms. The summed E-state index contributed by atoms with van der Waals surface area (Å²) in [5.74, 6) is 0.185. The summed E-state index contributed by atoms with van der Waals surface area (Å²) in [6.45, 7) is 5.18. The lowest BCUT2D eigenvalue weighted by atomic mass is 10.1. The molecule has 9 nitrogen and oxygen atoms in total. The normalized spacial score (nSPS) is 16.3. The SMILES string of the molecule is C/C=C/Cn1c(N2CCCC(N)C2)nc2ccn(CC(=O)c3ccccc3NC(C)=O)c(=O)c21. The van der Waals surface area contributed by atoms with Crippen LogP contribution in [-0.4, -0.2) is 44.9 Å². The molecule has 34 heavy (non-hydrogen) atoms. The van der Waals surface area contributed by atoms with Gasteiger partial charge >= 0.3 is 0 Å². The quantitative estimate of drug-likeness (QED) is 0.412. The number of pyridine rings is 1. The van der Waals surface area contributed by atoms with Crippen LogP contribution in [0.15, 0.2) is 53.5 Å². The highest BCUT2D eigenvalue weighted by molar-refractivity contribution is 6.04. The minimum absolute atomic E-state index is 0.0710. The molecule has 0 saturated carbocycles. The van der Waals surface area contributed by atoms with Gasteiger partial charge in [0, 0.05) is 44.4 Å². The number of hydrogen-bond donors (Lipinski definition) is 2. The van der Waals surface area contributed by atoms with Gasteiger partial charge in [0.1, 0.15) is 5.52 Å². The number of piperidine rings is 1. The van der Waals surface area contributed by atoms with Gasteiger partial charge in [-0.1, -0.05) is 24.3 Å². The number of benzene rings is 1. The topological polar surface area (TPSA) is 115 Å². The van der Waals surface area contributed by atoms with E-state index < -0.39 is 0 Å². The third-order valence-electron chi connectivity index (χ3n) is 5.97. The number of Topliss-reactive ketones (excluding diaryl/α,β-unsaturated/α-hetero) is 1. The Balaban J connectivity index is 1.73. The Labute approximate surface area is 197 Å². The summed E-state index contributed by atoms with van der Waals surface area (Å²) in [7, 11) is 0. The second-order valence-electron chi connectivity index (χ2n) is 8.57. The number of allylic oxidation sites excluding steroid dienone is 2. The minimum atomic E-state index is -0.285. The van der Waals surface area contributed by atoms with Crippen LogP contribution in [0.2, 0.25) is 0 Å². The second-order valence-corrected chi connectivity index (χ2v) is 8.57. The Morgan fingerprint density at radius 3 is 2.79 bits per heavy atom. The van der Waals surface area contributed by atoms with Crippen LogP contribution >= 0.6 is 0 Å². The molecule has 1 aliphatic rings. The maximum absolute atomic E-state index is 13.5. The lowest BCUT2D eigenvalue weighted by Crippen LogP contribution is -2.44. The highest BCUT2D eigenvalue weighted by atomic mass is 16.2. The molecule has 1 amide bonds. The first-order valence-electron chi connectivity index (χ1n) is 11.5. The number of rotatable bonds is 7. The summed E-state index contributed by atoms with van der Waals surface area (Å²) in [5.41, 5.74) is 7.73. The molecule has 1 atom stereocenters. The molecule has 1 unspecified atom stereocenters. The van der Waals surface area contributed by atoms with E-state index in [1.165, 1.54) is 11.5 Å². The first-order chi connectivity index (χ1) is 16.4. The molecule has 1 aromatic carbocycles. The van der Waals surface area contributed by atoms with Crippen LogP contribution in [0, 0.1) is 0 Å². The van der Waals surface area contributed by atoms with Crippen molar-refractivity contribution in [3.63, 3.8) is 0 Å². The number of amides is 1. The van der Waals surface area contributed by atoms with Crippen molar-refractivity contribution in [2.24, 2.45) is 5.73 Å². The average molecular weight is 463 g/mol. The van der Waals surface area contributed by atoms with Crippen molar-refractivity contribution in [1.29, 1.82) is 0 Å². The summed E-state index contributed by atoms with van der Waals surface area (Å²) < 4.78 is 3.30. The van der Waals surface area contributed by atoms with Gasteiger partial charge in [0.2, 0.25) is 11.9 Å². The first-order valence-corrected chi connectivity index (χ1v) is 11.5. The Bertz CT molecular complexity index is 1310. The molecule has 178 valence electrons. The van der Waals surface area contributed by atoms with Gasteiger partial charge in [-0.15, -0.1) is 0 Å². The van der Waals surface area contributed by atoms with E-state index in [0.29, 0.717) is 35.4 Å². The third kappa shape index (κ3) is 4.79. The Morgan fingerprint density at radius 1 is 1.26 bits per heavy atom. The number of para-hydroxylation sites is 1. The molecule has 3 heterocycles. The van der Waals surface area contributed by atoms with E-state index in [0.717, 1.165) is 25.3 Å². The minimum Gasteiger partial charge on any atom is -0.341 e. The van der Waals surface area contributed by atoms with Gasteiger partial charge in [0.05, 0.1) is 17.7 Å². The van der Waals surface area contributed by atoms with Crippen molar-refractivity contribution in [2.45, 2.75) is 45.8 Å². The lowest BCUT2D eigenvalue weighted by Gasteiger charge is -2.31. The molecular formula is C25H30N6O3. The van der Waals surface area contributed by atoms with Gasteiger partial charge < -0.3 is 25.1 Å². The number of nitrogens with two attached hydrogens (primary N) is 1. The number of fused-ring (bicyclic) bond motifs is 1. The number of nitrogens with one attached hydrogen (secondary N) is 1. The first kappa shape index (κ1) is 23.4. The van der Waals surface area contributed by atoms with Crippen LogP contribution in [0.5, 0.6) is 0 Å². The maximum Gasteiger partial charge on any atom is 0.277 e. The van der Waals surface area contributed by atoms with Crippen molar-refractivity contribution in [3.8, 4) is 0 Å². The molecule has 1 fully saturated rings. The predicted octanol–water partition coefficient (Wildman–Crippen LogP) is 2.54. The van der Waals surface area contributed by atoms with Crippen molar-refractivity contribution in [2.75, 3.05) is 23.3 Å². The van der Waals surface area contributed by atoms with Crippen molar-refractivity contribution >= 4 is 34.4 Å². The zero-order chi connectivity index (χ0) is 24.2. The average Bonchev–Trinajstić information content (AvgIpc) is 3.18. The van der Waals surface area contributed by atoms with Gasteiger partial charge in [-0.2, -0.15) is 0 Å². The van der Waals surface area contributed by atoms with Crippen LogP contribution < -0.4 is 21.5 Å². The Morgan fingerprint density at radius 2 is 2.06 bits per heavy atom. The fraction of sp³-hybridized carbons (Fsp3) is 0.360. The van der Waals surface area contributed by atoms with E-state index >= 15 is 0 Å². The van der Waals surface area contributed by atoms with Crippen LogP contribution in [0.25, 0.3) is 11.0 Å². The fourth-order valence-corrected chi connectivity index (χ4v) is 4.37. The predicted molar refractivity (Wildman–Crippen MR) is 133 cm³/mol. The Hall–Kier alpha value is -3.72. The standard InChI is InChI=1S/C25H30N6O3/c1-3-4-13-31-23-21(28-25(31)30-12-7-8-18(26)15-30)11-14-29(24(23)34)16-22(33)19-9-5-6-10-20(19)27-17(2)32/h3-6,9-11,14,18H,7-8,12-13,15-16,26H2,1-2H3,(H,27,32)/b4-3+. The van der Waals surface area contributed by atoms with Crippen molar-refractivity contribution in [3.05, 3.63) is 64.6 Å². The fourth-order valence-electron chi connectivity index (χ4n) is 4.37. The molecule has 2 aromatic heterocycles. The number of carbonyl (C=O) groups excluding carboxylic acids is 2. The molecule has 0 aliphatic carbocycles. The number of ketones is 1. The molecule has 1 saturated heterocycles. The van der Waals surface area contributed by atoms with Gasteiger partial charge in [-0.25, -0.2) is 4.98 Å².